The summed E-state index contributed by atoms with van der Waals surface area (Å²) in [6, 6.07) is 30.0. The van der Waals surface area contributed by atoms with Crippen LogP contribution in [0.2, 0.25) is 0 Å². The summed E-state index contributed by atoms with van der Waals surface area (Å²) in [6.07, 6.45) is 0. The molecule has 0 bridgehead atoms. The molecule has 25 heavy (non-hydrogen) atoms. The quantitative estimate of drug-likeness (QED) is 0.338. The van der Waals surface area contributed by atoms with Crippen LogP contribution in [0.15, 0.2) is 84.9 Å². The van der Waals surface area contributed by atoms with E-state index < -0.39 is 0 Å². The van der Waals surface area contributed by atoms with E-state index in [1.54, 1.807) is 0 Å². The van der Waals surface area contributed by atoms with Gasteiger partial charge >= 0.3 is 0 Å². The van der Waals surface area contributed by atoms with E-state index in [1.807, 2.05) is 0 Å². The Hall–Kier alpha value is -3.39. The molecule has 0 aliphatic carbocycles. The molecule has 6 aromatic rings. The summed E-state index contributed by atoms with van der Waals surface area (Å²) >= 11 is 0. The van der Waals surface area contributed by atoms with E-state index in [1.165, 1.54) is 32.4 Å². The largest absolute Gasteiger partial charge is 0.292 e. The molecule has 0 atom stereocenters. The topological polar surface area (TPSA) is 17.3 Å². The smallest absolute Gasteiger partial charge is 0.146 e. The molecular formula is C23H14N2. The van der Waals surface area contributed by atoms with Crippen molar-refractivity contribution in [3.05, 3.63) is 84.9 Å². The van der Waals surface area contributed by atoms with E-state index in [0.717, 1.165) is 16.7 Å². The van der Waals surface area contributed by atoms with Gasteiger partial charge in [-0.25, -0.2) is 4.98 Å². The monoisotopic (exact) mass is 318 g/mol. The first kappa shape index (κ1) is 13.0. The SMILES string of the molecule is c1ccc2c(c1)nc1c3cccc4cccc(c5ccccc5n21)c43. The fourth-order valence-corrected chi connectivity index (χ4v) is 4.10. The lowest BCUT2D eigenvalue weighted by atomic mass is 10.0. The van der Waals surface area contributed by atoms with Gasteiger partial charge in [-0.2, -0.15) is 0 Å². The van der Waals surface area contributed by atoms with Crippen LogP contribution in [-0.2, 0) is 0 Å². The van der Waals surface area contributed by atoms with Gasteiger partial charge in [0, 0.05) is 16.2 Å². The van der Waals surface area contributed by atoms with E-state index in [-0.39, 0.29) is 0 Å². The molecule has 2 heteroatoms. The first-order chi connectivity index (χ1) is 12.4. The van der Waals surface area contributed by atoms with Crippen LogP contribution in [0.5, 0.6) is 0 Å². The predicted molar refractivity (Wildman–Crippen MR) is 105 cm³/mol. The molecule has 2 aromatic heterocycles. The number of hydrogen-bond acceptors (Lipinski definition) is 1. The van der Waals surface area contributed by atoms with Crippen LogP contribution < -0.4 is 0 Å². The lowest BCUT2D eigenvalue weighted by Gasteiger charge is -2.02. The average Bonchev–Trinajstić information content (AvgIpc) is 3.01. The van der Waals surface area contributed by atoms with Gasteiger partial charge in [0.1, 0.15) is 5.65 Å². The van der Waals surface area contributed by atoms with Crippen molar-refractivity contribution in [1.29, 1.82) is 0 Å². The molecule has 4 aromatic carbocycles. The molecule has 0 amide bonds. The van der Waals surface area contributed by atoms with Gasteiger partial charge in [-0.3, -0.25) is 4.40 Å². The summed E-state index contributed by atoms with van der Waals surface area (Å²) in [5, 5.41) is 6.26. The van der Waals surface area contributed by atoms with Gasteiger partial charge in [-0.1, -0.05) is 66.7 Å². The highest BCUT2D eigenvalue weighted by molar-refractivity contribution is 6.22. The standard InChI is InChI=1S/C23H14N2/c1-3-13-20-16(9-1)17-10-5-7-15-8-6-11-18(22(15)17)23-24-19-12-2-4-14-21(19)25(20)23/h1-14H. The van der Waals surface area contributed by atoms with Crippen LogP contribution in [0.1, 0.15) is 0 Å². The number of imidazole rings is 1. The van der Waals surface area contributed by atoms with Gasteiger partial charge in [-0.05, 0) is 29.0 Å². The van der Waals surface area contributed by atoms with Crippen molar-refractivity contribution in [2.75, 3.05) is 0 Å². The van der Waals surface area contributed by atoms with E-state index in [2.05, 4.69) is 89.3 Å². The van der Waals surface area contributed by atoms with Crippen molar-refractivity contribution < 1.29 is 0 Å². The number of fused-ring (bicyclic) bond motifs is 7. The zero-order valence-corrected chi connectivity index (χ0v) is 13.5. The Kier molecular flexibility index (Phi) is 2.37. The number of benzene rings is 4. The van der Waals surface area contributed by atoms with Crippen molar-refractivity contribution in [3.8, 4) is 0 Å². The molecular weight excluding hydrogens is 304 g/mol. The Morgan fingerprint density at radius 3 is 2.12 bits per heavy atom. The molecule has 0 saturated heterocycles. The molecule has 0 radical (unpaired) electrons. The maximum Gasteiger partial charge on any atom is 0.146 e. The molecule has 6 rings (SSSR count). The third kappa shape index (κ3) is 1.61. The summed E-state index contributed by atoms with van der Waals surface area (Å²) in [5.74, 6) is 0. The van der Waals surface area contributed by atoms with Crippen molar-refractivity contribution >= 4 is 49.1 Å². The molecule has 116 valence electrons. The fourth-order valence-electron chi connectivity index (χ4n) is 4.10. The average molecular weight is 318 g/mol. The van der Waals surface area contributed by atoms with Gasteiger partial charge in [-0.15, -0.1) is 0 Å². The molecule has 0 N–H and O–H groups in total. The third-order valence-corrected chi connectivity index (χ3v) is 5.14. The summed E-state index contributed by atoms with van der Waals surface area (Å²) < 4.78 is 2.30. The zero-order valence-electron chi connectivity index (χ0n) is 13.5. The lowest BCUT2D eigenvalue weighted by Crippen LogP contribution is -1.84. The molecule has 0 aliphatic heterocycles. The maximum atomic E-state index is 5.00. The minimum Gasteiger partial charge on any atom is -0.292 e. The van der Waals surface area contributed by atoms with Crippen molar-refractivity contribution in [3.63, 3.8) is 0 Å². The molecule has 0 spiro atoms. The Morgan fingerprint density at radius 2 is 1.24 bits per heavy atom. The Bertz CT molecular complexity index is 1430. The predicted octanol–water partition coefficient (Wildman–Crippen LogP) is 5.95. The Labute approximate surface area is 143 Å². The zero-order chi connectivity index (χ0) is 16.4. The van der Waals surface area contributed by atoms with Gasteiger partial charge in [0.25, 0.3) is 0 Å². The highest BCUT2D eigenvalue weighted by Crippen LogP contribution is 2.35. The first-order valence-electron chi connectivity index (χ1n) is 8.51. The molecule has 0 aliphatic rings. The second kappa shape index (κ2) is 4.58. The van der Waals surface area contributed by atoms with E-state index >= 15 is 0 Å². The molecule has 2 heterocycles. The lowest BCUT2D eigenvalue weighted by molar-refractivity contribution is 1.32. The number of rotatable bonds is 0. The molecule has 2 nitrogen and oxygen atoms in total. The normalized spacial score (nSPS) is 12.0. The third-order valence-electron chi connectivity index (χ3n) is 5.14. The van der Waals surface area contributed by atoms with Crippen molar-refractivity contribution in [2.24, 2.45) is 0 Å². The van der Waals surface area contributed by atoms with Crippen molar-refractivity contribution in [2.45, 2.75) is 0 Å². The van der Waals surface area contributed by atoms with Gasteiger partial charge in [0.2, 0.25) is 0 Å². The summed E-state index contributed by atoms with van der Waals surface area (Å²) in [4.78, 5) is 5.00. The number of para-hydroxylation sites is 3. The van der Waals surface area contributed by atoms with Crippen LogP contribution >= 0.6 is 0 Å². The van der Waals surface area contributed by atoms with Crippen LogP contribution in [0.3, 0.4) is 0 Å². The first-order valence-corrected chi connectivity index (χ1v) is 8.51. The van der Waals surface area contributed by atoms with Crippen LogP contribution in [-0.4, -0.2) is 9.38 Å². The number of nitrogens with zero attached hydrogens (tertiary/aromatic N) is 2. The van der Waals surface area contributed by atoms with Crippen LogP contribution in [0.4, 0.5) is 0 Å². The summed E-state index contributed by atoms with van der Waals surface area (Å²) in [5.41, 5.74) is 4.39. The molecule has 0 saturated carbocycles. The number of aromatic nitrogens is 2. The van der Waals surface area contributed by atoms with E-state index in [4.69, 9.17) is 4.98 Å². The Balaban J connectivity index is 2.14. The summed E-state index contributed by atoms with van der Waals surface area (Å²) in [6.45, 7) is 0. The van der Waals surface area contributed by atoms with Gasteiger partial charge < -0.3 is 0 Å². The van der Waals surface area contributed by atoms with E-state index in [0.29, 0.717) is 0 Å². The van der Waals surface area contributed by atoms with Gasteiger partial charge in [0.15, 0.2) is 0 Å². The Morgan fingerprint density at radius 1 is 0.560 bits per heavy atom. The number of hydrogen-bond donors (Lipinski definition) is 0. The summed E-state index contributed by atoms with van der Waals surface area (Å²) in [7, 11) is 0. The minimum absolute atomic E-state index is 1.02. The van der Waals surface area contributed by atoms with Crippen molar-refractivity contribution in [1.82, 2.24) is 9.38 Å². The fraction of sp³-hybridized carbons (Fsp3) is 0. The van der Waals surface area contributed by atoms with Crippen LogP contribution in [0, 0.1) is 0 Å². The minimum atomic E-state index is 1.02. The van der Waals surface area contributed by atoms with Gasteiger partial charge in [0.05, 0.1) is 16.6 Å². The molecule has 0 unspecified atom stereocenters. The second-order valence-corrected chi connectivity index (χ2v) is 6.49. The highest BCUT2D eigenvalue weighted by Gasteiger charge is 2.13. The second-order valence-electron chi connectivity index (χ2n) is 6.49. The van der Waals surface area contributed by atoms with E-state index in [9.17, 15) is 0 Å². The maximum absolute atomic E-state index is 5.00. The van der Waals surface area contributed by atoms with Crippen LogP contribution in [0.25, 0.3) is 49.1 Å². The molecule has 0 fully saturated rings. The highest BCUT2D eigenvalue weighted by atomic mass is 15.0.